The van der Waals surface area contributed by atoms with Crippen LogP contribution in [0.2, 0.25) is 0 Å². The summed E-state index contributed by atoms with van der Waals surface area (Å²) in [5, 5.41) is 2.87. The Labute approximate surface area is 120 Å². The van der Waals surface area contributed by atoms with Crippen LogP contribution in [0, 0.1) is 0 Å². The summed E-state index contributed by atoms with van der Waals surface area (Å²) < 4.78 is 5.09. The normalized spacial score (nSPS) is 16.4. The van der Waals surface area contributed by atoms with Crippen LogP contribution in [0.25, 0.3) is 0 Å². The minimum Gasteiger partial charge on any atom is -0.497 e. The zero-order valence-corrected chi connectivity index (χ0v) is 12.0. The van der Waals surface area contributed by atoms with Crippen molar-refractivity contribution in [1.82, 2.24) is 4.90 Å². The first-order valence-corrected chi connectivity index (χ1v) is 7.15. The largest absolute Gasteiger partial charge is 0.497 e. The van der Waals surface area contributed by atoms with Gasteiger partial charge < -0.3 is 15.8 Å². The maximum atomic E-state index is 12.1. The molecule has 20 heavy (non-hydrogen) atoms. The summed E-state index contributed by atoms with van der Waals surface area (Å²) in [4.78, 5) is 14.3. The van der Waals surface area contributed by atoms with E-state index in [1.165, 1.54) is 25.7 Å². The molecule has 110 valence electrons. The van der Waals surface area contributed by atoms with Gasteiger partial charge >= 0.3 is 0 Å². The lowest BCUT2D eigenvalue weighted by Gasteiger charge is -2.19. The Bertz CT molecular complexity index is 454. The SMILES string of the molecule is COc1ccc(NC(=O)CN2CCCCCC2)c(N)c1. The third-order valence-electron chi connectivity index (χ3n) is 3.60. The first-order valence-electron chi connectivity index (χ1n) is 7.15. The number of rotatable bonds is 4. The Hall–Kier alpha value is -1.75. The van der Waals surface area contributed by atoms with E-state index in [1.54, 1.807) is 25.3 Å². The summed E-state index contributed by atoms with van der Waals surface area (Å²) in [6.07, 6.45) is 4.89. The van der Waals surface area contributed by atoms with Crippen molar-refractivity contribution >= 4 is 17.3 Å². The molecule has 2 rings (SSSR count). The van der Waals surface area contributed by atoms with Crippen molar-refractivity contribution in [3.8, 4) is 5.75 Å². The minimum absolute atomic E-state index is 0.0104. The van der Waals surface area contributed by atoms with E-state index in [9.17, 15) is 4.79 Å². The number of carbonyl (C=O) groups excluding carboxylic acids is 1. The highest BCUT2D eigenvalue weighted by Gasteiger charge is 2.13. The van der Waals surface area contributed by atoms with E-state index in [-0.39, 0.29) is 5.91 Å². The third kappa shape index (κ3) is 4.13. The number of nitrogen functional groups attached to an aromatic ring is 1. The molecule has 0 atom stereocenters. The maximum absolute atomic E-state index is 12.1. The minimum atomic E-state index is -0.0104. The fourth-order valence-electron chi connectivity index (χ4n) is 2.47. The lowest BCUT2D eigenvalue weighted by atomic mass is 10.2. The fraction of sp³-hybridized carbons (Fsp3) is 0.533. The number of benzene rings is 1. The molecule has 0 bridgehead atoms. The molecule has 0 aliphatic carbocycles. The maximum Gasteiger partial charge on any atom is 0.238 e. The van der Waals surface area contributed by atoms with Crippen molar-refractivity contribution in [2.45, 2.75) is 25.7 Å². The van der Waals surface area contributed by atoms with Gasteiger partial charge in [0.2, 0.25) is 5.91 Å². The Morgan fingerprint density at radius 1 is 1.30 bits per heavy atom. The second-order valence-electron chi connectivity index (χ2n) is 5.19. The van der Waals surface area contributed by atoms with Gasteiger partial charge in [0.1, 0.15) is 5.75 Å². The number of carbonyl (C=O) groups is 1. The number of nitrogens with zero attached hydrogens (tertiary/aromatic N) is 1. The van der Waals surface area contributed by atoms with Gasteiger partial charge in [0.05, 0.1) is 25.0 Å². The standard InChI is InChI=1S/C15H23N3O2/c1-20-12-6-7-14(13(16)10-12)17-15(19)11-18-8-4-2-3-5-9-18/h6-7,10H,2-5,8-9,11,16H2,1H3,(H,17,19). The summed E-state index contributed by atoms with van der Waals surface area (Å²) in [6.45, 7) is 2.45. The van der Waals surface area contributed by atoms with Crippen molar-refractivity contribution in [3.63, 3.8) is 0 Å². The summed E-state index contributed by atoms with van der Waals surface area (Å²) in [7, 11) is 1.59. The molecule has 1 aliphatic rings. The van der Waals surface area contributed by atoms with E-state index in [2.05, 4.69) is 10.2 Å². The molecular weight excluding hydrogens is 254 g/mol. The predicted molar refractivity (Wildman–Crippen MR) is 80.9 cm³/mol. The van der Waals surface area contributed by atoms with Crippen LogP contribution in [0.1, 0.15) is 25.7 Å². The Morgan fingerprint density at radius 3 is 2.60 bits per heavy atom. The molecule has 5 heteroatoms. The van der Waals surface area contributed by atoms with E-state index in [4.69, 9.17) is 10.5 Å². The molecule has 1 aromatic carbocycles. The van der Waals surface area contributed by atoms with E-state index in [0.717, 1.165) is 13.1 Å². The average Bonchev–Trinajstić information content (AvgIpc) is 2.69. The summed E-state index contributed by atoms with van der Waals surface area (Å²) in [6, 6.07) is 5.27. The lowest BCUT2D eigenvalue weighted by Crippen LogP contribution is -2.34. The van der Waals surface area contributed by atoms with Gasteiger partial charge in [0.15, 0.2) is 0 Å². The monoisotopic (exact) mass is 277 g/mol. The quantitative estimate of drug-likeness (QED) is 0.827. The van der Waals surface area contributed by atoms with E-state index < -0.39 is 0 Å². The van der Waals surface area contributed by atoms with Gasteiger partial charge in [-0.1, -0.05) is 12.8 Å². The second-order valence-corrected chi connectivity index (χ2v) is 5.19. The van der Waals surface area contributed by atoms with Gasteiger partial charge in [-0.05, 0) is 38.1 Å². The fourth-order valence-corrected chi connectivity index (χ4v) is 2.47. The Balaban J connectivity index is 1.90. The average molecular weight is 277 g/mol. The molecule has 0 unspecified atom stereocenters. The number of likely N-dealkylation sites (tertiary alicyclic amines) is 1. The number of hydrogen-bond donors (Lipinski definition) is 2. The van der Waals surface area contributed by atoms with Gasteiger partial charge in [-0.3, -0.25) is 9.69 Å². The summed E-state index contributed by atoms with van der Waals surface area (Å²) >= 11 is 0. The number of hydrogen-bond acceptors (Lipinski definition) is 4. The number of nitrogens with two attached hydrogens (primary N) is 1. The molecule has 0 spiro atoms. The lowest BCUT2D eigenvalue weighted by molar-refractivity contribution is -0.117. The molecule has 0 aromatic heterocycles. The molecule has 0 radical (unpaired) electrons. The Morgan fingerprint density at radius 2 is 2.00 bits per heavy atom. The molecule has 5 nitrogen and oxygen atoms in total. The van der Waals surface area contributed by atoms with Gasteiger partial charge in [-0.25, -0.2) is 0 Å². The molecule has 1 aliphatic heterocycles. The highest BCUT2D eigenvalue weighted by molar-refractivity contribution is 5.95. The van der Waals surface area contributed by atoms with Crippen molar-refractivity contribution in [2.75, 3.05) is 37.8 Å². The van der Waals surface area contributed by atoms with Gasteiger partial charge in [0, 0.05) is 6.07 Å². The van der Waals surface area contributed by atoms with Crippen LogP contribution in [-0.2, 0) is 4.79 Å². The van der Waals surface area contributed by atoms with E-state index in [0.29, 0.717) is 23.7 Å². The van der Waals surface area contributed by atoms with Crippen molar-refractivity contribution in [2.24, 2.45) is 0 Å². The molecule has 1 aromatic rings. The highest BCUT2D eigenvalue weighted by Crippen LogP contribution is 2.24. The number of nitrogens with one attached hydrogen (secondary N) is 1. The molecular formula is C15H23N3O2. The topological polar surface area (TPSA) is 67.6 Å². The van der Waals surface area contributed by atoms with Gasteiger partial charge in [0.25, 0.3) is 0 Å². The summed E-state index contributed by atoms with van der Waals surface area (Å²) in [5.41, 5.74) is 7.06. The summed E-state index contributed by atoms with van der Waals surface area (Å²) in [5.74, 6) is 0.678. The Kier molecular flexibility index (Phi) is 5.24. The number of amides is 1. The molecule has 0 saturated carbocycles. The van der Waals surface area contributed by atoms with E-state index in [1.807, 2.05) is 0 Å². The van der Waals surface area contributed by atoms with Crippen LogP contribution < -0.4 is 15.8 Å². The van der Waals surface area contributed by atoms with Crippen LogP contribution in [0.5, 0.6) is 5.75 Å². The zero-order valence-electron chi connectivity index (χ0n) is 12.0. The van der Waals surface area contributed by atoms with Gasteiger partial charge in [-0.15, -0.1) is 0 Å². The third-order valence-corrected chi connectivity index (χ3v) is 3.60. The van der Waals surface area contributed by atoms with Crippen LogP contribution in [0.4, 0.5) is 11.4 Å². The van der Waals surface area contributed by atoms with E-state index >= 15 is 0 Å². The molecule has 1 fully saturated rings. The number of methoxy groups -OCH3 is 1. The smallest absolute Gasteiger partial charge is 0.238 e. The van der Waals surface area contributed by atoms with Crippen LogP contribution in [0.15, 0.2) is 18.2 Å². The molecule has 3 N–H and O–H groups in total. The molecule has 1 heterocycles. The van der Waals surface area contributed by atoms with Crippen LogP contribution in [-0.4, -0.2) is 37.6 Å². The first kappa shape index (κ1) is 14.7. The van der Waals surface area contributed by atoms with Crippen LogP contribution >= 0.6 is 0 Å². The number of anilines is 2. The molecule has 1 amide bonds. The van der Waals surface area contributed by atoms with Gasteiger partial charge in [-0.2, -0.15) is 0 Å². The number of ether oxygens (including phenoxy) is 1. The first-order chi connectivity index (χ1) is 9.69. The zero-order chi connectivity index (χ0) is 14.4. The van der Waals surface area contributed by atoms with Crippen LogP contribution in [0.3, 0.4) is 0 Å². The van der Waals surface area contributed by atoms with Crippen molar-refractivity contribution < 1.29 is 9.53 Å². The van der Waals surface area contributed by atoms with Crippen molar-refractivity contribution in [3.05, 3.63) is 18.2 Å². The highest BCUT2D eigenvalue weighted by atomic mass is 16.5. The second kappa shape index (κ2) is 7.14. The molecule has 1 saturated heterocycles. The van der Waals surface area contributed by atoms with Crippen molar-refractivity contribution in [1.29, 1.82) is 0 Å². The predicted octanol–water partition coefficient (Wildman–Crippen LogP) is 2.09.